The molecule has 0 aliphatic carbocycles. The Bertz CT molecular complexity index is 1030. The topological polar surface area (TPSA) is 95.9 Å². The Hall–Kier alpha value is -1.66. The fourth-order valence-electron chi connectivity index (χ4n) is 9.16. The van der Waals surface area contributed by atoms with Gasteiger partial charge in [0, 0.05) is 12.8 Å². The zero-order valence-electron chi connectivity index (χ0n) is 44.4. The highest BCUT2D eigenvalue weighted by molar-refractivity contribution is 5.76. The minimum Gasteiger partial charge on any atom is -0.466 e. The van der Waals surface area contributed by atoms with Crippen LogP contribution in [0.2, 0.25) is 0 Å². The molecule has 6 nitrogen and oxygen atoms in total. The molecule has 0 aromatic heterocycles. The van der Waals surface area contributed by atoms with E-state index in [1.54, 1.807) is 6.08 Å². The Kier molecular flexibility index (Phi) is 54.5. The summed E-state index contributed by atoms with van der Waals surface area (Å²) in [5, 5.41) is 23.0. The van der Waals surface area contributed by atoms with E-state index in [1.807, 2.05) is 6.08 Å². The standard InChI is InChI=1S/C60H115NO5/c1-3-5-7-9-11-13-15-16-17-27-30-34-38-42-46-50-54-60(65)66-55-51-47-43-39-35-31-28-25-23-21-19-18-20-22-24-26-29-33-37-41-45-49-53-59(64)61-57(56-62)58(63)52-48-44-40-36-32-14-12-10-8-6-4-2/h17,27,48,52,57-58,62-63H,3-16,18-26,28-47,49-51,53-56H2,1-2H3,(H,61,64)/b27-17-,52-48+. The van der Waals surface area contributed by atoms with E-state index in [4.69, 9.17) is 4.74 Å². The van der Waals surface area contributed by atoms with Gasteiger partial charge in [-0.05, 0) is 57.8 Å². The summed E-state index contributed by atoms with van der Waals surface area (Å²) in [5.41, 5.74) is 0. The molecule has 1 amide bonds. The first-order valence-corrected chi connectivity index (χ1v) is 29.6. The van der Waals surface area contributed by atoms with Gasteiger partial charge in [-0.1, -0.05) is 276 Å². The van der Waals surface area contributed by atoms with Crippen molar-refractivity contribution in [3.63, 3.8) is 0 Å². The summed E-state index contributed by atoms with van der Waals surface area (Å²) in [7, 11) is 0. The summed E-state index contributed by atoms with van der Waals surface area (Å²) in [5.74, 6) is -0.0635. The monoisotopic (exact) mass is 930 g/mol. The number of esters is 1. The van der Waals surface area contributed by atoms with Crippen molar-refractivity contribution in [3.05, 3.63) is 24.3 Å². The number of unbranched alkanes of at least 4 members (excludes halogenated alkanes) is 42. The van der Waals surface area contributed by atoms with Gasteiger partial charge < -0.3 is 20.3 Å². The molecule has 0 saturated carbocycles. The van der Waals surface area contributed by atoms with Crippen molar-refractivity contribution in [1.82, 2.24) is 5.32 Å². The fraction of sp³-hybridized carbons (Fsp3) is 0.900. The molecule has 6 heteroatoms. The van der Waals surface area contributed by atoms with Crippen LogP contribution in [-0.2, 0) is 14.3 Å². The molecule has 2 atom stereocenters. The molecular formula is C60H115NO5. The van der Waals surface area contributed by atoms with E-state index >= 15 is 0 Å². The van der Waals surface area contributed by atoms with Crippen molar-refractivity contribution in [2.75, 3.05) is 13.2 Å². The molecule has 66 heavy (non-hydrogen) atoms. The third kappa shape index (κ3) is 51.7. The lowest BCUT2D eigenvalue weighted by molar-refractivity contribution is -0.143. The lowest BCUT2D eigenvalue weighted by atomic mass is 10.0. The van der Waals surface area contributed by atoms with Gasteiger partial charge in [-0.15, -0.1) is 0 Å². The molecule has 3 N–H and O–H groups in total. The number of hydrogen-bond acceptors (Lipinski definition) is 5. The molecule has 390 valence electrons. The number of aliphatic hydroxyl groups excluding tert-OH is 2. The minimum absolute atomic E-state index is 0.00534. The van der Waals surface area contributed by atoms with Crippen LogP contribution in [0.15, 0.2) is 24.3 Å². The molecule has 2 unspecified atom stereocenters. The van der Waals surface area contributed by atoms with Crippen LogP contribution in [0.1, 0.15) is 322 Å². The summed E-state index contributed by atoms with van der Waals surface area (Å²) in [6.07, 6.45) is 67.8. The maximum Gasteiger partial charge on any atom is 0.305 e. The second-order valence-corrected chi connectivity index (χ2v) is 20.3. The smallest absolute Gasteiger partial charge is 0.305 e. The summed E-state index contributed by atoms with van der Waals surface area (Å²) in [6.45, 7) is 4.89. The number of ether oxygens (including phenoxy) is 1. The highest BCUT2D eigenvalue weighted by Crippen LogP contribution is 2.17. The van der Waals surface area contributed by atoms with Crippen molar-refractivity contribution in [2.24, 2.45) is 0 Å². The number of rotatable bonds is 55. The molecule has 0 aliphatic heterocycles. The van der Waals surface area contributed by atoms with E-state index in [2.05, 4.69) is 31.3 Å². The maximum absolute atomic E-state index is 12.4. The van der Waals surface area contributed by atoms with Crippen molar-refractivity contribution >= 4 is 11.9 Å². The van der Waals surface area contributed by atoms with Crippen molar-refractivity contribution in [3.8, 4) is 0 Å². The zero-order valence-corrected chi connectivity index (χ0v) is 44.4. The molecular weight excluding hydrogens is 815 g/mol. The van der Waals surface area contributed by atoms with Gasteiger partial charge in [0.25, 0.3) is 0 Å². The van der Waals surface area contributed by atoms with Crippen LogP contribution < -0.4 is 5.32 Å². The molecule has 0 fully saturated rings. The summed E-state index contributed by atoms with van der Waals surface area (Å²) >= 11 is 0. The summed E-state index contributed by atoms with van der Waals surface area (Å²) in [6, 6.07) is -0.626. The first-order chi connectivity index (χ1) is 32.5. The largest absolute Gasteiger partial charge is 0.466 e. The molecule has 0 bridgehead atoms. The van der Waals surface area contributed by atoms with Gasteiger partial charge in [-0.25, -0.2) is 0 Å². The highest BCUT2D eigenvalue weighted by Gasteiger charge is 2.18. The van der Waals surface area contributed by atoms with E-state index in [1.165, 1.54) is 250 Å². The van der Waals surface area contributed by atoms with Crippen LogP contribution in [0, 0.1) is 0 Å². The van der Waals surface area contributed by atoms with E-state index < -0.39 is 12.1 Å². The van der Waals surface area contributed by atoms with Gasteiger partial charge in [0.05, 0.1) is 25.4 Å². The molecule has 0 aromatic rings. The maximum atomic E-state index is 12.4. The fourth-order valence-corrected chi connectivity index (χ4v) is 9.16. The predicted molar refractivity (Wildman–Crippen MR) is 287 cm³/mol. The molecule has 0 aliphatic rings. The van der Waals surface area contributed by atoms with Crippen LogP contribution in [0.25, 0.3) is 0 Å². The van der Waals surface area contributed by atoms with Crippen molar-refractivity contribution in [2.45, 2.75) is 334 Å². The number of amides is 1. The number of nitrogens with one attached hydrogen (secondary N) is 1. The Morgan fingerprint density at radius 1 is 0.409 bits per heavy atom. The van der Waals surface area contributed by atoms with E-state index in [0.29, 0.717) is 19.4 Å². The average Bonchev–Trinajstić information content (AvgIpc) is 3.32. The third-order valence-corrected chi connectivity index (χ3v) is 13.7. The van der Waals surface area contributed by atoms with Crippen LogP contribution in [0.5, 0.6) is 0 Å². The van der Waals surface area contributed by atoms with E-state index in [-0.39, 0.29) is 18.5 Å². The average molecular weight is 931 g/mol. The molecule has 0 heterocycles. The van der Waals surface area contributed by atoms with Crippen LogP contribution in [-0.4, -0.2) is 47.4 Å². The molecule has 0 aromatic carbocycles. The second kappa shape index (κ2) is 55.9. The van der Waals surface area contributed by atoms with Gasteiger partial charge in [0.2, 0.25) is 5.91 Å². The van der Waals surface area contributed by atoms with Gasteiger partial charge in [0.15, 0.2) is 0 Å². The molecule has 0 spiro atoms. The Labute approximate surface area is 411 Å². The highest BCUT2D eigenvalue weighted by atomic mass is 16.5. The molecule has 0 saturated heterocycles. The number of hydrogen-bond donors (Lipinski definition) is 3. The lowest BCUT2D eigenvalue weighted by Crippen LogP contribution is -2.45. The Morgan fingerprint density at radius 2 is 0.712 bits per heavy atom. The van der Waals surface area contributed by atoms with E-state index in [9.17, 15) is 19.8 Å². The lowest BCUT2D eigenvalue weighted by Gasteiger charge is -2.20. The Balaban J connectivity index is 3.37. The normalized spacial score (nSPS) is 12.7. The number of allylic oxidation sites excluding steroid dienone is 3. The van der Waals surface area contributed by atoms with Crippen molar-refractivity contribution in [1.29, 1.82) is 0 Å². The number of aliphatic hydroxyl groups is 2. The predicted octanol–water partition coefficient (Wildman–Crippen LogP) is 18.2. The summed E-state index contributed by atoms with van der Waals surface area (Å²) in [4.78, 5) is 24.5. The number of carbonyl (C=O) groups is 2. The zero-order chi connectivity index (χ0) is 47.9. The second-order valence-electron chi connectivity index (χ2n) is 20.3. The summed E-state index contributed by atoms with van der Waals surface area (Å²) < 4.78 is 5.48. The molecule has 0 rings (SSSR count). The quantitative estimate of drug-likeness (QED) is 0.0321. The van der Waals surface area contributed by atoms with Gasteiger partial charge in [-0.2, -0.15) is 0 Å². The van der Waals surface area contributed by atoms with Crippen LogP contribution in [0.4, 0.5) is 0 Å². The Morgan fingerprint density at radius 3 is 1.08 bits per heavy atom. The van der Waals surface area contributed by atoms with Crippen LogP contribution in [0.3, 0.4) is 0 Å². The van der Waals surface area contributed by atoms with Gasteiger partial charge in [-0.3, -0.25) is 9.59 Å². The SMILES string of the molecule is CCCCCCCCC/C=C\CCCCCCCC(=O)OCCCCCCCCCCCCCCCCCCCCCCCCC(=O)NC(CO)C(O)/C=C/CCCCCCCCCCC. The minimum atomic E-state index is -0.843. The van der Waals surface area contributed by atoms with Crippen molar-refractivity contribution < 1.29 is 24.5 Å². The first kappa shape index (κ1) is 64.3. The van der Waals surface area contributed by atoms with Gasteiger partial charge >= 0.3 is 5.97 Å². The third-order valence-electron chi connectivity index (χ3n) is 13.7. The molecule has 0 radical (unpaired) electrons. The van der Waals surface area contributed by atoms with Crippen LogP contribution >= 0.6 is 0 Å². The van der Waals surface area contributed by atoms with Gasteiger partial charge in [0.1, 0.15) is 0 Å². The number of carbonyl (C=O) groups excluding carboxylic acids is 2. The van der Waals surface area contributed by atoms with E-state index in [0.717, 1.165) is 44.9 Å². The first-order valence-electron chi connectivity index (χ1n) is 29.6.